The first-order valence-electron chi connectivity index (χ1n) is 5.31. The summed E-state index contributed by atoms with van der Waals surface area (Å²) in [6.07, 6.45) is 5.79. The summed E-state index contributed by atoms with van der Waals surface area (Å²) in [4.78, 5) is 0. The van der Waals surface area contributed by atoms with E-state index in [1.165, 1.54) is 5.56 Å². The Balaban J connectivity index is 2.04. The van der Waals surface area contributed by atoms with Gasteiger partial charge in [-0.05, 0) is 18.4 Å². The highest BCUT2D eigenvalue weighted by atomic mass is 16.5. The van der Waals surface area contributed by atoms with Gasteiger partial charge < -0.3 is 9.84 Å². The zero-order valence-electron chi connectivity index (χ0n) is 8.93. The molecule has 0 bridgehead atoms. The Bertz CT molecular complexity index is 267. The normalized spacial score (nSPS) is 11.0. The smallest absolute Gasteiger partial charge is 0.0721 e. The standard InChI is InChI=1S/C13H18O2/c14-10-6-1-2-7-11-15-12-13-8-4-3-5-9-13/h2-5,7-9,14H,1,6,10-12H2/b7-2-. The van der Waals surface area contributed by atoms with Gasteiger partial charge >= 0.3 is 0 Å². The summed E-state index contributed by atoms with van der Waals surface area (Å²) in [5.41, 5.74) is 1.20. The van der Waals surface area contributed by atoms with Gasteiger partial charge in [-0.25, -0.2) is 0 Å². The van der Waals surface area contributed by atoms with Gasteiger partial charge in [0.15, 0.2) is 0 Å². The van der Waals surface area contributed by atoms with E-state index in [2.05, 4.69) is 12.1 Å². The Kier molecular flexibility index (Phi) is 6.54. The molecule has 0 heterocycles. The van der Waals surface area contributed by atoms with E-state index < -0.39 is 0 Å². The first kappa shape index (κ1) is 12.0. The van der Waals surface area contributed by atoms with Crippen LogP contribution in [0.5, 0.6) is 0 Å². The monoisotopic (exact) mass is 206 g/mol. The molecule has 0 amide bonds. The van der Waals surface area contributed by atoms with Crippen molar-refractivity contribution < 1.29 is 9.84 Å². The van der Waals surface area contributed by atoms with Gasteiger partial charge in [0, 0.05) is 6.61 Å². The Morgan fingerprint density at radius 1 is 1.13 bits per heavy atom. The largest absolute Gasteiger partial charge is 0.396 e. The van der Waals surface area contributed by atoms with E-state index >= 15 is 0 Å². The lowest BCUT2D eigenvalue weighted by molar-refractivity contribution is 0.148. The predicted octanol–water partition coefficient (Wildman–Crippen LogP) is 2.53. The molecule has 82 valence electrons. The third-order valence-electron chi connectivity index (χ3n) is 2.02. The summed E-state index contributed by atoms with van der Waals surface area (Å²) in [7, 11) is 0. The summed E-state index contributed by atoms with van der Waals surface area (Å²) >= 11 is 0. The van der Waals surface area contributed by atoms with Gasteiger partial charge in [-0.1, -0.05) is 42.5 Å². The van der Waals surface area contributed by atoms with Gasteiger partial charge in [0.25, 0.3) is 0 Å². The molecular weight excluding hydrogens is 188 g/mol. The average Bonchev–Trinajstić information content (AvgIpc) is 2.29. The van der Waals surface area contributed by atoms with Crippen molar-refractivity contribution in [2.45, 2.75) is 19.4 Å². The summed E-state index contributed by atoms with van der Waals surface area (Å²) in [5.74, 6) is 0. The highest BCUT2D eigenvalue weighted by Gasteiger charge is 1.88. The van der Waals surface area contributed by atoms with Gasteiger partial charge in [-0.15, -0.1) is 0 Å². The summed E-state index contributed by atoms with van der Waals surface area (Å²) in [6, 6.07) is 10.1. The molecule has 0 saturated heterocycles. The predicted molar refractivity (Wildman–Crippen MR) is 61.6 cm³/mol. The summed E-state index contributed by atoms with van der Waals surface area (Å²) in [5, 5.41) is 8.55. The lowest BCUT2D eigenvalue weighted by atomic mass is 10.2. The van der Waals surface area contributed by atoms with Crippen LogP contribution in [0, 0.1) is 0 Å². The first-order chi connectivity index (χ1) is 7.43. The van der Waals surface area contributed by atoms with Gasteiger partial charge in [0.1, 0.15) is 0 Å². The fourth-order valence-electron chi connectivity index (χ4n) is 1.21. The second-order valence-electron chi connectivity index (χ2n) is 3.34. The van der Waals surface area contributed by atoms with Crippen molar-refractivity contribution in [3.8, 4) is 0 Å². The maximum Gasteiger partial charge on any atom is 0.0721 e. The van der Waals surface area contributed by atoms with Crippen molar-refractivity contribution >= 4 is 0 Å². The zero-order valence-corrected chi connectivity index (χ0v) is 8.93. The van der Waals surface area contributed by atoms with Crippen molar-refractivity contribution in [3.63, 3.8) is 0 Å². The van der Waals surface area contributed by atoms with Crippen LogP contribution in [0.3, 0.4) is 0 Å². The molecule has 0 saturated carbocycles. The van der Waals surface area contributed by atoms with Gasteiger partial charge in [-0.2, -0.15) is 0 Å². The van der Waals surface area contributed by atoms with Crippen molar-refractivity contribution in [3.05, 3.63) is 48.0 Å². The minimum absolute atomic E-state index is 0.259. The molecule has 0 aliphatic heterocycles. The lowest BCUT2D eigenvalue weighted by Gasteiger charge is -2.00. The second kappa shape index (κ2) is 8.21. The van der Waals surface area contributed by atoms with Crippen molar-refractivity contribution in [1.82, 2.24) is 0 Å². The van der Waals surface area contributed by atoms with Gasteiger partial charge in [0.2, 0.25) is 0 Å². The van der Waals surface area contributed by atoms with Crippen molar-refractivity contribution in [1.29, 1.82) is 0 Å². The maximum atomic E-state index is 8.55. The number of rotatable bonds is 7. The van der Waals surface area contributed by atoms with Crippen LogP contribution in [-0.4, -0.2) is 18.3 Å². The molecule has 1 rings (SSSR count). The highest BCUT2D eigenvalue weighted by molar-refractivity contribution is 5.13. The highest BCUT2D eigenvalue weighted by Crippen LogP contribution is 2.00. The van der Waals surface area contributed by atoms with E-state index in [0.717, 1.165) is 12.8 Å². The van der Waals surface area contributed by atoms with Crippen LogP contribution in [0.1, 0.15) is 18.4 Å². The molecule has 0 aliphatic rings. The number of benzene rings is 1. The molecule has 2 heteroatoms. The van der Waals surface area contributed by atoms with E-state index in [-0.39, 0.29) is 6.61 Å². The third kappa shape index (κ3) is 6.05. The number of ether oxygens (including phenoxy) is 1. The van der Waals surface area contributed by atoms with Crippen LogP contribution in [0.15, 0.2) is 42.5 Å². The van der Waals surface area contributed by atoms with Crippen LogP contribution in [0.4, 0.5) is 0 Å². The van der Waals surface area contributed by atoms with Crippen LogP contribution in [0.2, 0.25) is 0 Å². The number of hydrogen-bond donors (Lipinski definition) is 1. The minimum Gasteiger partial charge on any atom is -0.396 e. The van der Waals surface area contributed by atoms with Crippen LogP contribution in [0.25, 0.3) is 0 Å². The number of aliphatic hydroxyl groups is 1. The molecule has 1 aromatic rings. The molecule has 1 aromatic carbocycles. The van der Waals surface area contributed by atoms with Gasteiger partial charge in [-0.3, -0.25) is 0 Å². The summed E-state index contributed by atoms with van der Waals surface area (Å²) < 4.78 is 5.45. The topological polar surface area (TPSA) is 29.5 Å². The lowest BCUT2D eigenvalue weighted by Crippen LogP contribution is -1.92. The molecule has 15 heavy (non-hydrogen) atoms. The van der Waals surface area contributed by atoms with Crippen molar-refractivity contribution in [2.75, 3.05) is 13.2 Å². The molecule has 2 nitrogen and oxygen atoms in total. The SMILES string of the molecule is OCCC/C=C\COCc1ccccc1. The summed E-state index contributed by atoms with van der Waals surface area (Å²) in [6.45, 7) is 1.56. The minimum atomic E-state index is 0.259. The Hall–Kier alpha value is -1.12. The Morgan fingerprint density at radius 2 is 1.93 bits per heavy atom. The van der Waals surface area contributed by atoms with E-state index in [0.29, 0.717) is 13.2 Å². The molecule has 0 fully saturated rings. The molecule has 0 radical (unpaired) electrons. The molecule has 0 spiro atoms. The van der Waals surface area contributed by atoms with E-state index in [1.807, 2.05) is 30.4 Å². The number of hydrogen-bond acceptors (Lipinski definition) is 2. The second-order valence-corrected chi connectivity index (χ2v) is 3.34. The molecule has 0 aliphatic carbocycles. The fraction of sp³-hybridized carbons (Fsp3) is 0.385. The average molecular weight is 206 g/mol. The third-order valence-corrected chi connectivity index (χ3v) is 2.02. The van der Waals surface area contributed by atoms with Crippen LogP contribution < -0.4 is 0 Å². The number of aliphatic hydroxyl groups excluding tert-OH is 1. The van der Waals surface area contributed by atoms with Gasteiger partial charge in [0.05, 0.1) is 13.2 Å². The maximum absolute atomic E-state index is 8.55. The van der Waals surface area contributed by atoms with Crippen LogP contribution >= 0.6 is 0 Å². The Morgan fingerprint density at radius 3 is 2.67 bits per heavy atom. The zero-order chi connectivity index (χ0) is 10.8. The van der Waals surface area contributed by atoms with E-state index in [9.17, 15) is 0 Å². The number of unbranched alkanes of at least 4 members (excludes halogenated alkanes) is 1. The molecule has 0 unspecified atom stereocenters. The molecule has 0 aromatic heterocycles. The Labute approximate surface area is 91.2 Å². The molecule has 0 atom stereocenters. The fourth-order valence-corrected chi connectivity index (χ4v) is 1.21. The quantitative estimate of drug-likeness (QED) is 0.548. The number of allylic oxidation sites excluding steroid dienone is 1. The molecule has 1 N–H and O–H groups in total. The van der Waals surface area contributed by atoms with E-state index in [1.54, 1.807) is 0 Å². The van der Waals surface area contributed by atoms with Crippen molar-refractivity contribution in [2.24, 2.45) is 0 Å². The first-order valence-corrected chi connectivity index (χ1v) is 5.31. The van der Waals surface area contributed by atoms with E-state index in [4.69, 9.17) is 9.84 Å². The molecular formula is C13H18O2. The van der Waals surface area contributed by atoms with Crippen LogP contribution in [-0.2, 0) is 11.3 Å².